The predicted molar refractivity (Wildman–Crippen MR) is 61.5 cm³/mol. The van der Waals surface area contributed by atoms with Gasteiger partial charge in [-0.3, -0.25) is 4.98 Å². The van der Waals surface area contributed by atoms with Crippen molar-refractivity contribution in [1.82, 2.24) is 4.98 Å². The third kappa shape index (κ3) is 3.64. The van der Waals surface area contributed by atoms with Crippen LogP contribution in [0.5, 0.6) is 0 Å². The van der Waals surface area contributed by atoms with Gasteiger partial charge in [0.25, 0.3) is 0 Å². The number of anilines is 1. The Bertz CT molecular complexity index is 281. The van der Waals surface area contributed by atoms with Gasteiger partial charge in [0, 0.05) is 23.8 Å². The fourth-order valence-electron chi connectivity index (χ4n) is 1.19. The van der Waals surface area contributed by atoms with Crippen molar-refractivity contribution >= 4 is 21.6 Å². The van der Waals surface area contributed by atoms with Gasteiger partial charge >= 0.3 is 0 Å². The third-order valence-corrected chi connectivity index (χ3v) is 2.37. The highest BCUT2D eigenvalue weighted by atomic mass is 79.9. The standard InChI is InChI=1S/C10H15BrN2O/c1-3-9(7-14-2)13-10-4-8(11)5-12-6-10/h4-6,9,13H,3,7H2,1-2H3. The van der Waals surface area contributed by atoms with Gasteiger partial charge in [0.15, 0.2) is 0 Å². The highest BCUT2D eigenvalue weighted by Crippen LogP contribution is 2.15. The molecule has 0 fully saturated rings. The second-order valence-corrected chi connectivity index (χ2v) is 4.01. The minimum atomic E-state index is 0.344. The first-order valence-electron chi connectivity index (χ1n) is 4.62. The third-order valence-electron chi connectivity index (χ3n) is 1.94. The van der Waals surface area contributed by atoms with Gasteiger partial charge in [0.05, 0.1) is 18.5 Å². The maximum absolute atomic E-state index is 5.10. The summed E-state index contributed by atoms with van der Waals surface area (Å²) in [4.78, 5) is 4.08. The fourth-order valence-corrected chi connectivity index (χ4v) is 1.55. The minimum Gasteiger partial charge on any atom is -0.383 e. The van der Waals surface area contributed by atoms with Crippen LogP contribution < -0.4 is 5.32 Å². The van der Waals surface area contributed by atoms with Crippen LogP contribution in [-0.4, -0.2) is 24.7 Å². The molecule has 1 aromatic rings. The Morgan fingerprint density at radius 3 is 2.93 bits per heavy atom. The number of nitrogens with zero attached hydrogens (tertiary/aromatic N) is 1. The minimum absolute atomic E-state index is 0.344. The fraction of sp³-hybridized carbons (Fsp3) is 0.500. The molecule has 0 amide bonds. The van der Waals surface area contributed by atoms with E-state index in [1.807, 2.05) is 12.3 Å². The first-order valence-corrected chi connectivity index (χ1v) is 5.41. The van der Waals surface area contributed by atoms with E-state index in [1.165, 1.54) is 0 Å². The molecule has 0 bridgehead atoms. The largest absolute Gasteiger partial charge is 0.383 e. The van der Waals surface area contributed by atoms with Crippen LogP contribution in [0.15, 0.2) is 22.9 Å². The zero-order valence-corrected chi connectivity index (χ0v) is 10.0. The van der Waals surface area contributed by atoms with Gasteiger partial charge in [-0.15, -0.1) is 0 Å². The second-order valence-electron chi connectivity index (χ2n) is 3.10. The number of ether oxygens (including phenoxy) is 1. The van der Waals surface area contributed by atoms with Crippen molar-refractivity contribution in [1.29, 1.82) is 0 Å². The van der Waals surface area contributed by atoms with Crippen molar-refractivity contribution in [2.75, 3.05) is 19.0 Å². The summed E-state index contributed by atoms with van der Waals surface area (Å²) < 4.78 is 6.08. The van der Waals surface area contributed by atoms with Gasteiger partial charge in [-0.25, -0.2) is 0 Å². The van der Waals surface area contributed by atoms with E-state index in [9.17, 15) is 0 Å². The summed E-state index contributed by atoms with van der Waals surface area (Å²) in [6, 6.07) is 2.35. The highest BCUT2D eigenvalue weighted by molar-refractivity contribution is 9.10. The number of pyridine rings is 1. The number of halogens is 1. The first-order chi connectivity index (χ1) is 6.76. The van der Waals surface area contributed by atoms with Crippen LogP contribution in [0.3, 0.4) is 0 Å². The summed E-state index contributed by atoms with van der Waals surface area (Å²) in [5.41, 5.74) is 1.02. The molecule has 0 aliphatic rings. The summed E-state index contributed by atoms with van der Waals surface area (Å²) in [6.45, 7) is 2.84. The number of rotatable bonds is 5. The quantitative estimate of drug-likeness (QED) is 0.882. The van der Waals surface area contributed by atoms with Crippen LogP contribution >= 0.6 is 15.9 Å². The molecule has 1 unspecified atom stereocenters. The SMILES string of the molecule is CCC(COC)Nc1cncc(Br)c1. The molecule has 78 valence electrons. The number of nitrogens with one attached hydrogen (secondary N) is 1. The molecule has 14 heavy (non-hydrogen) atoms. The van der Waals surface area contributed by atoms with Crippen LogP contribution in [0, 0.1) is 0 Å². The predicted octanol–water partition coefficient (Wildman–Crippen LogP) is 2.68. The van der Waals surface area contributed by atoms with Gasteiger partial charge in [0.1, 0.15) is 0 Å². The Hall–Kier alpha value is -0.610. The Kier molecular flexibility index (Phi) is 4.90. The normalized spacial score (nSPS) is 12.5. The zero-order valence-electron chi connectivity index (χ0n) is 8.46. The molecule has 0 aliphatic heterocycles. The molecule has 1 N–H and O–H groups in total. The summed E-state index contributed by atoms with van der Waals surface area (Å²) >= 11 is 3.38. The van der Waals surface area contributed by atoms with Crippen molar-refractivity contribution in [3.05, 3.63) is 22.9 Å². The molecule has 1 aromatic heterocycles. The lowest BCUT2D eigenvalue weighted by Gasteiger charge is -2.16. The van der Waals surface area contributed by atoms with E-state index in [-0.39, 0.29) is 0 Å². The number of aromatic nitrogens is 1. The Balaban J connectivity index is 2.57. The molecule has 1 rings (SSSR count). The number of hydrogen-bond acceptors (Lipinski definition) is 3. The van der Waals surface area contributed by atoms with E-state index in [1.54, 1.807) is 13.3 Å². The van der Waals surface area contributed by atoms with Crippen LogP contribution in [0.2, 0.25) is 0 Å². The molecule has 0 spiro atoms. The summed E-state index contributed by atoms with van der Waals surface area (Å²) in [5.74, 6) is 0. The van der Waals surface area contributed by atoms with Crippen molar-refractivity contribution < 1.29 is 4.74 Å². The molecule has 0 radical (unpaired) electrons. The first kappa shape index (κ1) is 11.5. The Morgan fingerprint density at radius 1 is 1.57 bits per heavy atom. The lowest BCUT2D eigenvalue weighted by molar-refractivity contribution is 0.184. The zero-order chi connectivity index (χ0) is 10.4. The van der Waals surface area contributed by atoms with E-state index in [0.29, 0.717) is 12.6 Å². The molecule has 4 heteroatoms. The Labute approximate surface area is 93.0 Å². The molecule has 3 nitrogen and oxygen atoms in total. The summed E-state index contributed by atoms with van der Waals surface area (Å²) in [5, 5.41) is 3.35. The Morgan fingerprint density at radius 2 is 2.36 bits per heavy atom. The summed E-state index contributed by atoms with van der Waals surface area (Å²) in [7, 11) is 1.71. The van der Waals surface area contributed by atoms with Crippen molar-refractivity contribution in [2.24, 2.45) is 0 Å². The lowest BCUT2D eigenvalue weighted by atomic mass is 10.2. The topological polar surface area (TPSA) is 34.1 Å². The second kappa shape index (κ2) is 5.98. The van der Waals surface area contributed by atoms with Gasteiger partial charge < -0.3 is 10.1 Å². The number of hydrogen-bond donors (Lipinski definition) is 1. The molecule has 0 aliphatic carbocycles. The average Bonchev–Trinajstić information content (AvgIpc) is 2.17. The van der Waals surface area contributed by atoms with E-state index < -0.39 is 0 Å². The molecule has 0 aromatic carbocycles. The van der Waals surface area contributed by atoms with E-state index >= 15 is 0 Å². The molecular weight excluding hydrogens is 244 g/mol. The van der Waals surface area contributed by atoms with Gasteiger partial charge in [-0.2, -0.15) is 0 Å². The number of methoxy groups -OCH3 is 1. The maximum atomic E-state index is 5.10. The van der Waals surface area contributed by atoms with Gasteiger partial charge in [0.2, 0.25) is 0 Å². The average molecular weight is 259 g/mol. The molecular formula is C10H15BrN2O. The molecule has 1 heterocycles. The van der Waals surface area contributed by atoms with Gasteiger partial charge in [-0.05, 0) is 28.4 Å². The van der Waals surface area contributed by atoms with E-state index in [4.69, 9.17) is 4.74 Å². The summed E-state index contributed by atoms with van der Waals surface area (Å²) in [6.07, 6.45) is 4.60. The van der Waals surface area contributed by atoms with Crippen LogP contribution in [0.25, 0.3) is 0 Å². The van der Waals surface area contributed by atoms with Crippen molar-refractivity contribution in [2.45, 2.75) is 19.4 Å². The molecule has 1 atom stereocenters. The maximum Gasteiger partial charge on any atom is 0.0663 e. The lowest BCUT2D eigenvalue weighted by Crippen LogP contribution is -2.23. The monoisotopic (exact) mass is 258 g/mol. The van der Waals surface area contributed by atoms with Crippen LogP contribution in [-0.2, 0) is 4.74 Å². The van der Waals surface area contributed by atoms with Crippen LogP contribution in [0.4, 0.5) is 5.69 Å². The van der Waals surface area contributed by atoms with E-state index in [2.05, 4.69) is 33.2 Å². The van der Waals surface area contributed by atoms with Crippen molar-refractivity contribution in [3.8, 4) is 0 Å². The van der Waals surface area contributed by atoms with E-state index in [0.717, 1.165) is 16.6 Å². The smallest absolute Gasteiger partial charge is 0.0663 e. The van der Waals surface area contributed by atoms with Crippen LogP contribution in [0.1, 0.15) is 13.3 Å². The van der Waals surface area contributed by atoms with Crippen molar-refractivity contribution in [3.63, 3.8) is 0 Å². The molecule has 0 saturated carbocycles. The highest BCUT2D eigenvalue weighted by Gasteiger charge is 2.05. The molecule has 0 saturated heterocycles. The van der Waals surface area contributed by atoms with Gasteiger partial charge in [-0.1, -0.05) is 6.92 Å².